The zero-order valence-electron chi connectivity index (χ0n) is 7.55. The van der Waals surface area contributed by atoms with E-state index in [1.54, 1.807) is 6.07 Å². The van der Waals surface area contributed by atoms with Gasteiger partial charge in [0.15, 0.2) is 9.84 Å². The predicted molar refractivity (Wildman–Crippen MR) is 52.5 cm³/mol. The van der Waals surface area contributed by atoms with E-state index in [1.807, 2.05) is 0 Å². The van der Waals surface area contributed by atoms with Crippen LogP contribution in [0.2, 0.25) is 0 Å². The molecule has 1 aromatic rings. The number of nitrogens with two attached hydrogens (primary N) is 1. The second-order valence-electron chi connectivity index (χ2n) is 3.51. The molecule has 1 unspecified atom stereocenters. The molecule has 1 aliphatic rings. The van der Waals surface area contributed by atoms with Gasteiger partial charge in [0, 0.05) is 5.92 Å². The molecule has 6 heteroatoms. The van der Waals surface area contributed by atoms with Crippen molar-refractivity contribution in [2.24, 2.45) is 0 Å². The van der Waals surface area contributed by atoms with E-state index in [9.17, 15) is 8.42 Å². The Morgan fingerprint density at radius 2 is 2.29 bits per heavy atom. The first-order valence-corrected chi connectivity index (χ1v) is 6.17. The second-order valence-corrected chi connectivity index (χ2v) is 5.74. The molecule has 2 N–H and O–H groups in total. The van der Waals surface area contributed by atoms with Gasteiger partial charge in [0.1, 0.15) is 0 Å². The van der Waals surface area contributed by atoms with E-state index >= 15 is 0 Å². The Morgan fingerprint density at radius 3 is 2.86 bits per heavy atom. The predicted octanol–water partition coefficient (Wildman–Crippen LogP) is -0.0391. The monoisotopic (exact) mass is 213 g/mol. The van der Waals surface area contributed by atoms with E-state index < -0.39 is 9.84 Å². The minimum atomic E-state index is -2.87. The highest BCUT2D eigenvalue weighted by Gasteiger charge is 2.30. The van der Waals surface area contributed by atoms with E-state index in [1.165, 1.54) is 6.20 Å². The van der Waals surface area contributed by atoms with Gasteiger partial charge in [-0.3, -0.25) is 0 Å². The van der Waals surface area contributed by atoms with Crippen molar-refractivity contribution >= 4 is 15.5 Å². The van der Waals surface area contributed by atoms with Gasteiger partial charge in [-0.05, 0) is 12.5 Å². The van der Waals surface area contributed by atoms with Gasteiger partial charge in [0.25, 0.3) is 0 Å². The van der Waals surface area contributed by atoms with Crippen LogP contribution < -0.4 is 5.73 Å². The van der Waals surface area contributed by atoms with Crippen LogP contribution in [-0.4, -0.2) is 30.1 Å². The second kappa shape index (κ2) is 3.20. The number of sulfone groups is 1. The van der Waals surface area contributed by atoms with Crippen LogP contribution in [0.15, 0.2) is 12.3 Å². The zero-order valence-corrected chi connectivity index (χ0v) is 8.37. The number of hydrogen-bond donors (Lipinski definition) is 1. The Morgan fingerprint density at radius 1 is 1.50 bits per heavy atom. The molecule has 1 saturated heterocycles. The fourth-order valence-corrected chi connectivity index (χ4v) is 3.39. The first-order chi connectivity index (χ1) is 6.57. The van der Waals surface area contributed by atoms with Gasteiger partial charge >= 0.3 is 0 Å². The minimum absolute atomic E-state index is 0.0315. The maximum absolute atomic E-state index is 11.2. The molecule has 2 heterocycles. The van der Waals surface area contributed by atoms with Gasteiger partial charge in [-0.2, -0.15) is 10.2 Å². The standard InChI is InChI=1S/C8H11N3O2S/c9-7-3-8(11-10-4-7)6-1-2-14(12,13)5-6/h3-4,6H,1-2,5H2,(H2,9,11). The Hall–Kier alpha value is -1.17. The lowest BCUT2D eigenvalue weighted by Crippen LogP contribution is -2.06. The van der Waals surface area contributed by atoms with Crippen LogP contribution >= 0.6 is 0 Å². The number of nitrogen functional groups attached to an aromatic ring is 1. The van der Waals surface area contributed by atoms with Crippen molar-refractivity contribution in [1.82, 2.24) is 10.2 Å². The van der Waals surface area contributed by atoms with Crippen molar-refractivity contribution in [1.29, 1.82) is 0 Å². The average molecular weight is 213 g/mol. The fourth-order valence-electron chi connectivity index (χ4n) is 1.63. The normalized spacial score (nSPS) is 25.0. The molecule has 76 valence electrons. The summed E-state index contributed by atoms with van der Waals surface area (Å²) in [7, 11) is -2.87. The van der Waals surface area contributed by atoms with Crippen LogP contribution in [0.5, 0.6) is 0 Å². The van der Waals surface area contributed by atoms with Crippen molar-refractivity contribution in [3.8, 4) is 0 Å². The lowest BCUT2D eigenvalue weighted by Gasteiger charge is -2.05. The molecule has 5 nitrogen and oxygen atoms in total. The summed E-state index contributed by atoms with van der Waals surface area (Å²) >= 11 is 0. The molecule has 0 aromatic carbocycles. The molecule has 0 aliphatic carbocycles. The van der Waals surface area contributed by atoms with Crippen LogP contribution in [-0.2, 0) is 9.84 Å². The summed E-state index contributed by atoms with van der Waals surface area (Å²) in [6, 6.07) is 1.69. The van der Waals surface area contributed by atoms with Gasteiger partial charge in [0.05, 0.1) is 29.1 Å². The van der Waals surface area contributed by atoms with Crippen molar-refractivity contribution in [3.63, 3.8) is 0 Å². The number of anilines is 1. The molecular formula is C8H11N3O2S. The van der Waals surface area contributed by atoms with Crippen LogP contribution in [0, 0.1) is 0 Å². The smallest absolute Gasteiger partial charge is 0.151 e. The summed E-state index contributed by atoms with van der Waals surface area (Å²) in [5, 5.41) is 7.60. The van der Waals surface area contributed by atoms with E-state index in [0.29, 0.717) is 17.8 Å². The molecule has 2 rings (SSSR count). The highest BCUT2D eigenvalue weighted by molar-refractivity contribution is 7.91. The molecule has 0 amide bonds. The van der Waals surface area contributed by atoms with Crippen LogP contribution in [0.4, 0.5) is 5.69 Å². The highest BCUT2D eigenvalue weighted by atomic mass is 32.2. The molecule has 1 aliphatic heterocycles. The molecule has 14 heavy (non-hydrogen) atoms. The molecule has 1 aromatic heterocycles. The largest absolute Gasteiger partial charge is 0.397 e. The Labute approximate surface area is 82.3 Å². The molecule has 1 atom stereocenters. The third-order valence-electron chi connectivity index (χ3n) is 2.35. The maximum Gasteiger partial charge on any atom is 0.151 e. The van der Waals surface area contributed by atoms with Gasteiger partial charge < -0.3 is 5.73 Å². The van der Waals surface area contributed by atoms with E-state index in [4.69, 9.17) is 5.73 Å². The average Bonchev–Trinajstić information content (AvgIpc) is 2.46. The minimum Gasteiger partial charge on any atom is -0.397 e. The maximum atomic E-state index is 11.2. The molecule has 0 bridgehead atoms. The molecule has 0 radical (unpaired) electrons. The van der Waals surface area contributed by atoms with E-state index in [2.05, 4.69) is 10.2 Å². The molecule has 1 fully saturated rings. The van der Waals surface area contributed by atoms with Gasteiger partial charge in [-0.15, -0.1) is 0 Å². The first kappa shape index (κ1) is 9.39. The van der Waals surface area contributed by atoms with Crippen LogP contribution in [0.1, 0.15) is 18.0 Å². The Bertz CT molecular complexity index is 444. The van der Waals surface area contributed by atoms with Crippen molar-refractivity contribution in [2.45, 2.75) is 12.3 Å². The quantitative estimate of drug-likeness (QED) is 0.707. The third kappa shape index (κ3) is 1.84. The molecule has 0 spiro atoms. The molecular weight excluding hydrogens is 202 g/mol. The van der Waals surface area contributed by atoms with Crippen molar-refractivity contribution < 1.29 is 8.42 Å². The summed E-state index contributed by atoms with van der Waals surface area (Å²) in [5.74, 6) is 0.384. The first-order valence-electron chi connectivity index (χ1n) is 4.35. The summed E-state index contributed by atoms with van der Waals surface area (Å²) in [6.45, 7) is 0. The SMILES string of the molecule is Nc1cnnc(C2CCS(=O)(=O)C2)c1. The van der Waals surface area contributed by atoms with Crippen molar-refractivity contribution in [2.75, 3.05) is 17.2 Å². The Balaban J connectivity index is 2.26. The lowest BCUT2D eigenvalue weighted by atomic mass is 10.1. The van der Waals surface area contributed by atoms with Crippen molar-refractivity contribution in [3.05, 3.63) is 18.0 Å². The van der Waals surface area contributed by atoms with Gasteiger partial charge in [-0.25, -0.2) is 8.42 Å². The number of rotatable bonds is 1. The lowest BCUT2D eigenvalue weighted by molar-refractivity contribution is 0.601. The van der Waals surface area contributed by atoms with Crippen LogP contribution in [0.3, 0.4) is 0 Å². The number of aromatic nitrogens is 2. The van der Waals surface area contributed by atoms with E-state index in [-0.39, 0.29) is 17.4 Å². The zero-order chi connectivity index (χ0) is 10.2. The molecule has 0 saturated carbocycles. The van der Waals surface area contributed by atoms with Gasteiger partial charge in [0.2, 0.25) is 0 Å². The highest BCUT2D eigenvalue weighted by Crippen LogP contribution is 2.27. The van der Waals surface area contributed by atoms with Gasteiger partial charge in [-0.1, -0.05) is 0 Å². The fraction of sp³-hybridized carbons (Fsp3) is 0.500. The summed E-state index contributed by atoms with van der Waals surface area (Å²) in [5.41, 5.74) is 6.76. The summed E-state index contributed by atoms with van der Waals surface area (Å²) in [6.07, 6.45) is 2.08. The summed E-state index contributed by atoms with van der Waals surface area (Å²) in [4.78, 5) is 0. The third-order valence-corrected chi connectivity index (χ3v) is 4.11. The van der Waals surface area contributed by atoms with E-state index in [0.717, 1.165) is 0 Å². The summed E-state index contributed by atoms with van der Waals surface area (Å²) < 4.78 is 22.4. The number of nitrogens with zero attached hydrogens (tertiary/aromatic N) is 2. The number of hydrogen-bond acceptors (Lipinski definition) is 5. The topological polar surface area (TPSA) is 85.9 Å². The Kier molecular flexibility index (Phi) is 2.14. The van der Waals surface area contributed by atoms with Crippen LogP contribution in [0.25, 0.3) is 0 Å².